The predicted molar refractivity (Wildman–Crippen MR) is 71.6 cm³/mol. The monoisotopic (exact) mass is 262 g/mol. The van der Waals surface area contributed by atoms with Crippen molar-refractivity contribution in [3.8, 4) is 0 Å². The fourth-order valence-electron chi connectivity index (χ4n) is 1.40. The lowest BCUT2D eigenvalue weighted by Crippen LogP contribution is -2.22. The molecule has 94 valence electrons. The Balaban J connectivity index is 2.19. The highest BCUT2D eigenvalue weighted by Gasteiger charge is 2.08. The molecule has 18 heavy (non-hydrogen) atoms. The lowest BCUT2D eigenvalue weighted by Gasteiger charge is -2.08. The van der Waals surface area contributed by atoms with Crippen LogP contribution in [0.25, 0.3) is 0 Å². The number of carbonyl (C=O) groups is 1. The fourth-order valence-corrected chi connectivity index (χ4v) is 2.31. The van der Waals surface area contributed by atoms with E-state index in [0.717, 1.165) is 21.4 Å². The first kappa shape index (κ1) is 12.7. The number of rotatable bonds is 4. The number of benzene rings is 1. The Morgan fingerprint density at radius 3 is 2.94 bits per heavy atom. The van der Waals surface area contributed by atoms with Crippen molar-refractivity contribution >= 4 is 23.4 Å². The molecule has 0 aliphatic carbocycles. The SMILES string of the molecule is Cc1cnc(Sc2ccccc2NC(=O)CN)[nH]1. The molecule has 1 amide bonds. The lowest BCUT2D eigenvalue weighted by molar-refractivity contribution is -0.114. The van der Waals surface area contributed by atoms with Gasteiger partial charge in [-0.1, -0.05) is 12.1 Å². The normalized spacial score (nSPS) is 10.3. The van der Waals surface area contributed by atoms with Gasteiger partial charge in [0.05, 0.1) is 12.2 Å². The number of carbonyl (C=O) groups excluding carboxylic acids is 1. The number of hydrogen-bond donors (Lipinski definition) is 3. The number of H-pyrrole nitrogens is 1. The first-order chi connectivity index (χ1) is 8.69. The smallest absolute Gasteiger partial charge is 0.238 e. The van der Waals surface area contributed by atoms with E-state index in [1.807, 2.05) is 31.2 Å². The van der Waals surface area contributed by atoms with Gasteiger partial charge in [-0.3, -0.25) is 4.79 Å². The minimum Gasteiger partial charge on any atom is -0.337 e. The van der Waals surface area contributed by atoms with Gasteiger partial charge in [0.15, 0.2) is 5.16 Å². The second kappa shape index (κ2) is 5.70. The summed E-state index contributed by atoms with van der Waals surface area (Å²) in [5.41, 5.74) is 7.03. The average molecular weight is 262 g/mol. The van der Waals surface area contributed by atoms with Gasteiger partial charge >= 0.3 is 0 Å². The molecule has 0 bridgehead atoms. The van der Waals surface area contributed by atoms with Crippen molar-refractivity contribution in [1.82, 2.24) is 9.97 Å². The quantitative estimate of drug-likeness (QED) is 0.784. The summed E-state index contributed by atoms with van der Waals surface area (Å²) < 4.78 is 0. The van der Waals surface area contributed by atoms with Crippen LogP contribution in [0.5, 0.6) is 0 Å². The minimum atomic E-state index is -0.210. The van der Waals surface area contributed by atoms with Crippen molar-refractivity contribution in [2.75, 3.05) is 11.9 Å². The number of nitrogens with zero attached hydrogens (tertiary/aromatic N) is 1. The second-order valence-corrected chi connectivity index (χ2v) is 4.75. The minimum absolute atomic E-state index is 0.0289. The van der Waals surface area contributed by atoms with Gasteiger partial charge in [0.1, 0.15) is 0 Å². The number of imidazole rings is 1. The molecule has 0 saturated heterocycles. The molecule has 2 aromatic rings. The highest BCUT2D eigenvalue weighted by Crippen LogP contribution is 2.31. The van der Waals surface area contributed by atoms with Crippen molar-refractivity contribution < 1.29 is 4.79 Å². The first-order valence-electron chi connectivity index (χ1n) is 5.47. The summed E-state index contributed by atoms with van der Waals surface area (Å²) in [6.45, 7) is 1.91. The molecule has 4 N–H and O–H groups in total. The molecular formula is C12H14N4OS. The fraction of sp³-hybridized carbons (Fsp3) is 0.167. The summed E-state index contributed by atoms with van der Waals surface area (Å²) in [5, 5.41) is 3.55. The molecule has 5 nitrogen and oxygen atoms in total. The van der Waals surface area contributed by atoms with Crippen LogP contribution in [0.4, 0.5) is 5.69 Å². The van der Waals surface area contributed by atoms with E-state index in [-0.39, 0.29) is 12.5 Å². The number of nitrogens with one attached hydrogen (secondary N) is 2. The lowest BCUT2D eigenvalue weighted by atomic mass is 10.3. The maximum Gasteiger partial charge on any atom is 0.238 e. The van der Waals surface area contributed by atoms with E-state index in [1.54, 1.807) is 6.20 Å². The Morgan fingerprint density at radius 1 is 1.50 bits per heavy atom. The Morgan fingerprint density at radius 2 is 2.28 bits per heavy atom. The second-order valence-electron chi connectivity index (χ2n) is 3.72. The Kier molecular flexibility index (Phi) is 4.01. The van der Waals surface area contributed by atoms with Crippen LogP contribution in [-0.2, 0) is 4.79 Å². The highest BCUT2D eigenvalue weighted by atomic mass is 32.2. The van der Waals surface area contributed by atoms with Crippen LogP contribution >= 0.6 is 11.8 Å². The van der Waals surface area contributed by atoms with E-state index >= 15 is 0 Å². The third-order valence-electron chi connectivity index (χ3n) is 2.23. The topological polar surface area (TPSA) is 83.8 Å². The van der Waals surface area contributed by atoms with E-state index in [4.69, 9.17) is 5.73 Å². The van der Waals surface area contributed by atoms with Crippen LogP contribution in [0.3, 0.4) is 0 Å². The first-order valence-corrected chi connectivity index (χ1v) is 6.29. The Bertz CT molecular complexity index is 553. The van der Waals surface area contributed by atoms with Gasteiger partial charge in [-0.25, -0.2) is 4.98 Å². The number of hydrogen-bond acceptors (Lipinski definition) is 4. The molecule has 0 aliphatic heterocycles. The summed E-state index contributed by atoms with van der Waals surface area (Å²) in [7, 11) is 0. The van der Waals surface area contributed by atoms with Crippen molar-refractivity contribution in [3.63, 3.8) is 0 Å². The van der Waals surface area contributed by atoms with Crippen molar-refractivity contribution in [3.05, 3.63) is 36.2 Å². The number of amides is 1. The maximum absolute atomic E-state index is 11.3. The summed E-state index contributed by atoms with van der Waals surface area (Å²) in [6.07, 6.45) is 1.77. The zero-order valence-corrected chi connectivity index (χ0v) is 10.8. The largest absolute Gasteiger partial charge is 0.337 e. The predicted octanol–water partition coefficient (Wildman–Crippen LogP) is 1.77. The van der Waals surface area contributed by atoms with Gasteiger partial charge in [0, 0.05) is 16.8 Å². The van der Waals surface area contributed by atoms with Gasteiger partial charge in [-0.2, -0.15) is 0 Å². The maximum atomic E-state index is 11.3. The Hall–Kier alpha value is -1.79. The zero-order chi connectivity index (χ0) is 13.0. The van der Waals surface area contributed by atoms with Crippen LogP contribution in [0.15, 0.2) is 40.5 Å². The van der Waals surface area contributed by atoms with Crippen LogP contribution in [-0.4, -0.2) is 22.4 Å². The van der Waals surface area contributed by atoms with E-state index in [9.17, 15) is 4.79 Å². The number of para-hydroxylation sites is 1. The molecule has 1 aromatic carbocycles. The number of aromatic nitrogens is 2. The van der Waals surface area contributed by atoms with Gasteiger partial charge in [-0.05, 0) is 30.8 Å². The highest BCUT2D eigenvalue weighted by molar-refractivity contribution is 7.99. The number of anilines is 1. The van der Waals surface area contributed by atoms with Crippen molar-refractivity contribution in [1.29, 1.82) is 0 Å². The molecule has 6 heteroatoms. The molecule has 0 spiro atoms. The molecule has 0 saturated carbocycles. The van der Waals surface area contributed by atoms with Crippen molar-refractivity contribution in [2.45, 2.75) is 17.0 Å². The Labute approximate surface area is 109 Å². The van der Waals surface area contributed by atoms with Crippen LogP contribution in [0.2, 0.25) is 0 Å². The molecule has 0 unspecified atom stereocenters. The molecule has 1 aromatic heterocycles. The average Bonchev–Trinajstić information content (AvgIpc) is 2.77. The summed E-state index contributed by atoms with van der Waals surface area (Å²) in [6, 6.07) is 7.54. The summed E-state index contributed by atoms with van der Waals surface area (Å²) >= 11 is 1.47. The zero-order valence-electron chi connectivity index (χ0n) is 9.93. The van der Waals surface area contributed by atoms with E-state index in [2.05, 4.69) is 15.3 Å². The number of aryl methyl sites for hydroxylation is 1. The standard InChI is InChI=1S/C12H14N4OS/c1-8-7-14-12(15-8)18-10-5-3-2-4-9(10)16-11(17)6-13/h2-5,7H,6,13H2,1H3,(H,14,15)(H,16,17). The van der Waals surface area contributed by atoms with Gasteiger partial charge in [0.2, 0.25) is 5.91 Å². The summed E-state index contributed by atoms with van der Waals surface area (Å²) in [4.78, 5) is 19.6. The van der Waals surface area contributed by atoms with Crippen LogP contribution in [0, 0.1) is 6.92 Å². The van der Waals surface area contributed by atoms with E-state index < -0.39 is 0 Å². The molecule has 0 radical (unpaired) electrons. The van der Waals surface area contributed by atoms with Gasteiger partial charge in [-0.15, -0.1) is 0 Å². The molecule has 2 rings (SSSR count). The third-order valence-corrected chi connectivity index (χ3v) is 3.21. The van der Waals surface area contributed by atoms with Crippen LogP contribution < -0.4 is 11.1 Å². The summed E-state index contributed by atoms with van der Waals surface area (Å²) in [5.74, 6) is -0.210. The van der Waals surface area contributed by atoms with Crippen LogP contribution in [0.1, 0.15) is 5.69 Å². The van der Waals surface area contributed by atoms with E-state index in [1.165, 1.54) is 11.8 Å². The van der Waals surface area contributed by atoms with Gasteiger partial charge in [0.25, 0.3) is 0 Å². The molecule has 0 aliphatic rings. The van der Waals surface area contributed by atoms with E-state index in [0.29, 0.717) is 0 Å². The molecule has 1 heterocycles. The number of nitrogens with two attached hydrogens (primary N) is 1. The number of aromatic amines is 1. The van der Waals surface area contributed by atoms with Crippen molar-refractivity contribution in [2.24, 2.45) is 5.73 Å². The molecule has 0 atom stereocenters. The molecular weight excluding hydrogens is 248 g/mol. The van der Waals surface area contributed by atoms with Gasteiger partial charge < -0.3 is 16.0 Å². The molecule has 0 fully saturated rings. The third kappa shape index (κ3) is 3.12.